The third-order valence-corrected chi connectivity index (χ3v) is 6.42. The van der Waals surface area contributed by atoms with Crippen molar-refractivity contribution >= 4 is 50.8 Å². The number of hydrogen-bond acceptors (Lipinski definition) is 9. The summed E-state index contributed by atoms with van der Waals surface area (Å²) in [5.41, 5.74) is 1.41. The molecule has 2 aromatic heterocycles. The number of amidine groups is 1. The van der Waals surface area contributed by atoms with Crippen LogP contribution in [0, 0.1) is 23.2 Å². The highest BCUT2D eigenvalue weighted by Gasteiger charge is 2.21. The van der Waals surface area contributed by atoms with Crippen LogP contribution in [-0.4, -0.2) is 40.2 Å². The van der Waals surface area contributed by atoms with Crippen LogP contribution in [0.15, 0.2) is 47.0 Å². The molecule has 2 N–H and O–H groups in total. The van der Waals surface area contributed by atoms with E-state index in [0.717, 1.165) is 24.6 Å². The summed E-state index contributed by atoms with van der Waals surface area (Å²) in [5.74, 6) is 6.72. The van der Waals surface area contributed by atoms with Crippen molar-refractivity contribution in [3.8, 4) is 39.7 Å². The predicted octanol–water partition coefficient (Wildman–Crippen LogP) is 5.50. The number of hydrogen-bond donors (Lipinski definition) is 2. The molecule has 1 aliphatic rings. The molecule has 0 radical (unpaired) electrons. The molecule has 0 aliphatic heterocycles. The lowest BCUT2D eigenvalue weighted by Crippen LogP contribution is -2.29. The summed E-state index contributed by atoms with van der Waals surface area (Å²) in [5, 5.41) is 13.7. The number of halogens is 1. The minimum absolute atomic E-state index is 0.118. The van der Waals surface area contributed by atoms with E-state index < -0.39 is 5.91 Å². The Morgan fingerprint density at radius 1 is 1.31 bits per heavy atom. The number of rotatable bonds is 5. The second-order valence-corrected chi connectivity index (χ2v) is 9.52. The van der Waals surface area contributed by atoms with E-state index in [1.165, 1.54) is 24.6 Å². The van der Waals surface area contributed by atoms with Gasteiger partial charge >= 0.3 is 0 Å². The van der Waals surface area contributed by atoms with Crippen molar-refractivity contribution in [2.75, 3.05) is 14.2 Å². The first kappa shape index (κ1) is 24.7. The standard InChI is InChI=1S/C24H20ClN5O3S2/c1-27-23(35-21(26)8-5-14-3-4-14)30-22(31)16-7-6-15(33-24-28-9-10-34-24)11-17(16)18-12-20(25)29-13-19(18)32-2/h6-7,9-14,26H,3-4H2,1-2H3,(H,27,30,31). The molecular weight excluding hydrogens is 506 g/mol. The van der Waals surface area contributed by atoms with Crippen LogP contribution < -0.4 is 14.8 Å². The Labute approximate surface area is 215 Å². The molecule has 1 amide bonds. The molecule has 0 saturated heterocycles. The summed E-state index contributed by atoms with van der Waals surface area (Å²) in [6.07, 6.45) is 5.28. The number of ether oxygens (including phenoxy) is 2. The Hall–Kier alpha value is -3.39. The van der Waals surface area contributed by atoms with Gasteiger partial charge in [0.2, 0.25) is 0 Å². The van der Waals surface area contributed by atoms with Crippen molar-refractivity contribution in [3.05, 3.63) is 52.8 Å². The van der Waals surface area contributed by atoms with Gasteiger partial charge in [-0.05, 0) is 54.8 Å². The maximum absolute atomic E-state index is 13.3. The minimum Gasteiger partial charge on any atom is -0.494 e. The number of carbonyl (C=O) groups is 1. The number of thiazole rings is 1. The quantitative estimate of drug-likeness (QED) is 0.197. The third-order valence-electron chi connectivity index (χ3n) is 4.78. The molecule has 0 atom stereocenters. The highest BCUT2D eigenvalue weighted by molar-refractivity contribution is 8.27. The number of aromatic nitrogens is 2. The zero-order valence-electron chi connectivity index (χ0n) is 18.8. The first-order chi connectivity index (χ1) is 17.0. The van der Waals surface area contributed by atoms with Crippen LogP contribution in [-0.2, 0) is 0 Å². The van der Waals surface area contributed by atoms with Gasteiger partial charge in [-0.15, -0.1) is 0 Å². The van der Waals surface area contributed by atoms with Crippen LogP contribution >= 0.6 is 34.7 Å². The summed E-state index contributed by atoms with van der Waals surface area (Å²) in [4.78, 5) is 25.6. The fourth-order valence-corrected chi connectivity index (χ4v) is 4.17. The minimum atomic E-state index is -0.424. The number of carbonyl (C=O) groups excluding carboxylic acids is 1. The molecular formula is C24H20ClN5O3S2. The van der Waals surface area contributed by atoms with Gasteiger partial charge in [0.25, 0.3) is 11.1 Å². The average Bonchev–Trinajstić information content (AvgIpc) is 3.56. The van der Waals surface area contributed by atoms with Gasteiger partial charge in [-0.3, -0.25) is 15.2 Å². The molecule has 35 heavy (non-hydrogen) atoms. The number of amides is 1. The number of nitrogens with one attached hydrogen (secondary N) is 2. The molecule has 178 valence electrons. The van der Waals surface area contributed by atoms with Gasteiger partial charge in [0.1, 0.15) is 21.7 Å². The van der Waals surface area contributed by atoms with Crippen LogP contribution in [0.5, 0.6) is 16.7 Å². The van der Waals surface area contributed by atoms with E-state index in [1.807, 2.05) is 0 Å². The van der Waals surface area contributed by atoms with Crippen molar-refractivity contribution in [2.45, 2.75) is 12.8 Å². The van der Waals surface area contributed by atoms with Crippen molar-refractivity contribution in [3.63, 3.8) is 0 Å². The van der Waals surface area contributed by atoms with E-state index in [0.29, 0.717) is 39.3 Å². The molecule has 0 unspecified atom stereocenters. The molecule has 1 fully saturated rings. The van der Waals surface area contributed by atoms with Crippen LogP contribution in [0.3, 0.4) is 0 Å². The Morgan fingerprint density at radius 2 is 2.14 bits per heavy atom. The molecule has 1 aromatic carbocycles. The van der Waals surface area contributed by atoms with Crippen molar-refractivity contribution in [2.24, 2.45) is 10.9 Å². The van der Waals surface area contributed by atoms with Crippen LogP contribution in [0.1, 0.15) is 23.2 Å². The molecule has 8 nitrogen and oxygen atoms in total. The van der Waals surface area contributed by atoms with Gasteiger partial charge in [-0.25, -0.2) is 9.97 Å². The summed E-state index contributed by atoms with van der Waals surface area (Å²) in [6.45, 7) is 0. The van der Waals surface area contributed by atoms with E-state index in [1.54, 1.807) is 42.9 Å². The molecule has 0 spiro atoms. The van der Waals surface area contributed by atoms with Crippen LogP contribution in [0.2, 0.25) is 5.15 Å². The van der Waals surface area contributed by atoms with Crippen LogP contribution in [0.4, 0.5) is 0 Å². The maximum atomic E-state index is 13.3. The number of nitrogens with zero attached hydrogens (tertiary/aromatic N) is 3. The number of aliphatic imine (C=N–C) groups is 1. The van der Waals surface area contributed by atoms with E-state index in [-0.39, 0.29) is 15.4 Å². The highest BCUT2D eigenvalue weighted by atomic mass is 35.5. The maximum Gasteiger partial charge on any atom is 0.278 e. The lowest BCUT2D eigenvalue weighted by Gasteiger charge is -2.15. The normalized spacial score (nSPS) is 12.9. The Bertz CT molecular complexity index is 1340. The summed E-state index contributed by atoms with van der Waals surface area (Å²) < 4.78 is 11.3. The van der Waals surface area contributed by atoms with Gasteiger partial charge in [0, 0.05) is 41.2 Å². The summed E-state index contributed by atoms with van der Waals surface area (Å²) in [7, 11) is 3.05. The SMILES string of the molecule is CN=C(NC(=O)c1ccc(Oc2nccs2)cc1-c1cc(Cl)ncc1OC)SC(=N)C#CC1CC1. The lowest BCUT2D eigenvalue weighted by atomic mass is 9.99. The molecule has 2 heterocycles. The molecule has 1 saturated carbocycles. The fourth-order valence-electron chi connectivity index (χ4n) is 2.97. The number of pyridine rings is 1. The first-order valence-electron chi connectivity index (χ1n) is 10.4. The Balaban J connectivity index is 1.65. The van der Waals surface area contributed by atoms with Crippen molar-refractivity contribution in [1.82, 2.24) is 15.3 Å². The van der Waals surface area contributed by atoms with E-state index in [9.17, 15) is 4.79 Å². The number of thioether (sulfide) groups is 1. The fraction of sp³-hybridized carbons (Fsp3) is 0.208. The predicted molar refractivity (Wildman–Crippen MR) is 140 cm³/mol. The summed E-state index contributed by atoms with van der Waals surface area (Å²) in [6, 6.07) is 6.64. The van der Waals surface area contributed by atoms with E-state index in [2.05, 4.69) is 32.1 Å². The zero-order chi connectivity index (χ0) is 24.8. The number of methoxy groups -OCH3 is 1. The van der Waals surface area contributed by atoms with Gasteiger partial charge in [-0.2, -0.15) is 0 Å². The second-order valence-electron chi connectivity index (χ2n) is 7.27. The van der Waals surface area contributed by atoms with Gasteiger partial charge in [0.05, 0.1) is 13.3 Å². The second kappa shape index (κ2) is 11.4. The topological polar surface area (TPSA) is 110 Å². The van der Waals surface area contributed by atoms with Crippen molar-refractivity contribution in [1.29, 1.82) is 5.41 Å². The van der Waals surface area contributed by atoms with E-state index >= 15 is 0 Å². The zero-order valence-corrected chi connectivity index (χ0v) is 21.2. The number of benzene rings is 1. The van der Waals surface area contributed by atoms with Crippen LogP contribution in [0.25, 0.3) is 11.1 Å². The Kier molecular flexibility index (Phi) is 8.02. The van der Waals surface area contributed by atoms with Gasteiger partial charge in [0.15, 0.2) is 5.17 Å². The third kappa shape index (κ3) is 6.60. The lowest BCUT2D eigenvalue weighted by molar-refractivity contribution is 0.0978. The van der Waals surface area contributed by atoms with Gasteiger partial charge in [-0.1, -0.05) is 28.9 Å². The highest BCUT2D eigenvalue weighted by Crippen LogP contribution is 2.37. The Morgan fingerprint density at radius 3 is 2.83 bits per heavy atom. The smallest absolute Gasteiger partial charge is 0.278 e. The van der Waals surface area contributed by atoms with E-state index in [4.69, 9.17) is 26.5 Å². The monoisotopic (exact) mass is 525 g/mol. The molecule has 3 aromatic rings. The van der Waals surface area contributed by atoms with Gasteiger partial charge < -0.3 is 14.8 Å². The first-order valence-corrected chi connectivity index (χ1v) is 12.5. The molecule has 0 bridgehead atoms. The average molecular weight is 526 g/mol. The molecule has 4 rings (SSSR count). The summed E-state index contributed by atoms with van der Waals surface area (Å²) >= 11 is 8.51. The largest absolute Gasteiger partial charge is 0.494 e. The van der Waals surface area contributed by atoms with Crippen molar-refractivity contribution < 1.29 is 14.3 Å². The molecule has 11 heteroatoms. The molecule has 1 aliphatic carbocycles.